The average molecular weight is 355 g/mol. The molecule has 0 nitrogen and oxygen atoms in total. The zero-order valence-electron chi connectivity index (χ0n) is 9.10. The van der Waals surface area contributed by atoms with Gasteiger partial charge in [-0.05, 0) is 20.8 Å². The van der Waals surface area contributed by atoms with Crippen molar-refractivity contribution in [3.8, 4) is 0 Å². The molecule has 0 fully saturated rings. The summed E-state index contributed by atoms with van der Waals surface area (Å²) in [6, 6.07) is 7.98. The SMILES string of the molecule is Fc1c(F)c(F)c(P(Br)c2ccccc2)c(F)c1F. The standard InChI is InChI=1S/C12H5BrF5P/c13-19(6-4-2-1-3-5-6)12-10(17)8(15)7(14)9(16)11(12)18/h1-5H. The van der Waals surface area contributed by atoms with E-state index in [1.54, 1.807) is 30.3 Å². The summed E-state index contributed by atoms with van der Waals surface area (Å²) in [6.45, 7) is -1.84. The summed E-state index contributed by atoms with van der Waals surface area (Å²) >= 11 is 3.02. The molecule has 1 unspecified atom stereocenters. The van der Waals surface area contributed by atoms with Crippen LogP contribution >= 0.6 is 22.1 Å². The average Bonchev–Trinajstić information content (AvgIpc) is 2.44. The Labute approximate surface area is 114 Å². The monoisotopic (exact) mass is 354 g/mol. The van der Waals surface area contributed by atoms with Crippen LogP contribution in [0.4, 0.5) is 22.0 Å². The summed E-state index contributed by atoms with van der Waals surface area (Å²) in [4.78, 5) is 0. The molecule has 2 aromatic carbocycles. The van der Waals surface area contributed by atoms with Gasteiger partial charge in [0.2, 0.25) is 5.82 Å². The largest absolute Gasteiger partial charge is 0.203 e. The first-order valence-electron chi connectivity index (χ1n) is 4.97. The van der Waals surface area contributed by atoms with Gasteiger partial charge in [0.15, 0.2) is 23.3 Å². The highest BCUT2D eigenvalue weighted by molar-refractivity contribution is 9.40. The molecule has 0 aromatic heterocycles. The van der Waals surface area contributed by atoms with E-state index in [0.29, 0.717) is 5.30 Å². The number of hydrogen-bond acceptors (Lipinski definition) is 0. The second kappa shape index (κ2) is 5.55. The van der Waals surface area contributed by atoms with Crippen molar-refractivity contribution < 1.29 is 22.0 Å². The first kappa shape index (κ1) is 14.4. The van der Waals surface area contributed by atoms with Gasteiger partial charge in [0.25, 0.3) is 0 Å². The van der Waals surface area contributed by atoms with E-state index < -0.39 is 41.0 Å². The zero-order valence-corrected chi connectivity index (χ0v) is 11.6. The molecule has 0 amide bonds. The Morgan fingerprint density at radius 3 is 1.58 bits per heavy atom. The molecule has 0 aliphatic heterocycles. The van der Waals surface area contributed by atoms with E-state index in [1.165, 1.54) is 0 Å². The van der Waals surface area contributed by atoms with Crippen LogP contribution in [0.5, 0.6) is 0 Å². The third-order valence-corrected chi connectivity index (χ3v) is 6.20. The van der Waals surface area contributed by atoms with Crippen molar-refractivity contribution in [3.63, 3.8) is 0 Å². The molecule has 2 aromatic rings. The van der Waals surface area contributed by atoms with Crippen LogP contribution < -0.4 is 10.6 Å². The van der Waals surface area contributed by atoms with Gasteiger partial charge < -0.3 is 0 Å². The fourth-order valence-electron chi connectivity index (χ4n) is 1.45. The van der Waals surface area contributed by atoms with Crippen LogP contribution in [-0.2, 0) is 0 Å². The van der Waals surface area contributed by atoms with Crippen LogP contribution in [0.15, 0.2) is 30.3 Å². The van der Waals surface area contributed by atoms with Crippen LogP contribution in [0, 0.1) is 29.1 Å². The van der Waals surface area contributed by atoms with E-state index >= 15 is 0 Å². The lowest BCUT2D eigenvalue weighted by Crippen LogP contribution is -2.21. The molecule has 0 aliphatic rings. The summed E-state index contributed by atoms with van der Waals surface area (Å²) in [5.41, 5.74) is 0. The van der Waals surface area contributed by atoms with Crippen molar-refractivity contribution in [1.82, 2.24) is 0 Å². The number of benzene rings is 2. The maximum atomic E-state index is 13.6. The molecule has 1 atom stereocenters. The van der Waals surface area contributed by atoms with Gasteiger partial charge in [0.05, 0.1) is 5.30 Å². The van der Waals surface area contributed by atoms with Gasteiger partial charge in [-0.2, -0.15) is 0 Å². The van der Waals surface area contributed by atoms with Crippen molar-refractivity contribution in [2.75, 3.05) is 0 Å². The van der Waals surface area contributed by atoms with Crippen molar-refractivity contribution in [3.05, 3.63) is 59.4 Å². The van der Waals surface area contributed by atoms with Crippen LogP contribution in [0.1, 0.15) is 0 Å². The number of rotatable bonds is 2. The van der Waals surface area contributed by atoms with Gasteiger partial charge in [-0.3, -0.25) is 0 Å². The molecule has 0 bridgehead atoms. The molecule has 0 heterocycles. The van der Waals surface area contributed by atoms with Crippen molar-refractivity contribution in [1.29, 1.82) is 0 Å². The number of hydrogen-bond donors (Lipinski definition) is 0. The molecule has 0 saturated carbocycles. The van der Waals surface area contributed by atoms with Crippen molar-refractivity contribution in [2.45, 2.75) is 0 Å². The lowest BCUT2D eigenvalue weighted by atomic mass is 10.3. The molecule has 0 N–H and O–H groups in total. The second-order valence-electron chi connectivity index (χ2n) is 3.53. The van der Waals surface area contributed by atoms with Crippen molar-refractivity contribution in [2.24, 2.45) is 0 Å². The minimum atomic E-state index is -2.15. The Bertz CT molecular complexity index is 588. The molecule has 2 rings (SSSR count). The Balaban J connectivity index is 2.64. The first-order valence-corrected chi connectivity index (χ1v) is 8.33. The van der Waals surface area contributed by atoms with E-state index in [0.717, 1.165) is 0 Å². The third kappa shape index (κ3) is 2.51. The van der Waals surface area contributed by atoms with Gasteiger partial charge in [0.1, 0.15) is 0 Å². The predicted octanol–water partition coefficient (Wildman–Crippen LogP) is 4.12. The predicted molar refractivity (Wildman–Crippen MR) is 67.8 cm³/mol. The zero-order chi connectivity index (χ0) is 14.2. The van der Waals surface area contributed by atoms with Crippen LogP contribution in [0.25, 0.3) is 0 Å². The summed E-state index contributed by atoms with van der Waals surface area (Å²) < 4.78 is 66.4. The molecule has 0 saturated heterocycles. The minimum absolute atomic E-state index is 0.445. The minimum Gasteiger partial charge on any atom is -0.203 e. The normalized spacial score (nSPS) is 12.5. The second-order valence-corrected chi connectivity index (χ2v) is 7.19. The van der Waals surface area contributed by atoms with Gasteiger partial charge in [-0.25, -0.2) is 22.0 Å². The van der Waals surface area contributed by atoms with Gasteiger partial charge in [-0.15, -0.1) is 0 Å². The summed E-state index contributed by atoms with van der Waals surface area (Å²) in [5, 5.41) is -0.390. The quantitative estimate of drug-likeness (QED) is 0.329. The van der Waals surface area contributed by atoms with Crippen molar-refractivity contribution >= 4 is 32.7 Å². The third-order valence-electron chi connectivity index (χ3n) is 2.37. The first-order chi connectivity index (χ1) is 8.95. The lowest BCUT2D eigenvalue weighted by molar-refractivity contribution is 0.384. The van der Waals surface area contributed by atoms with Gasteiger partial charge in [0, 0.05) is 6.62 Å². The maximum absolute atomic E-state index is 13.6. The Kier molecular flexibility index (Phi) is 4.21. The van der Waals surface area contributed by atoms with E-state index in [4.69, 9.17) is 0 Å². The molecule has 19 heavy (non-hydrogen) atoms. The van der Waals surface area contributed by atoms with Gasteiger partial charge in [-0.1, -0.05) is 30.3 Å². The molecule has 7 heteroatoms. The van der Waals surface area contributed by atoms with E-state index in [1.807, 2.05) is 0 Å². The topological polar surface area (TPSA) is 0 Å². The molecule has 0 spiro atoms. The summed E-state index contributed by atoms with van der Waals surface area (Å²) in [5.74, 6) is -9.62. The number of halogens is 6. The highest BCUT2D eigenvalue weighted by Crippen LogP contribution is 2.44. The van der Waals surface area contributed by atoms with E-state index in [-0.39, 0.29) is 0 Å². The highest BCUT2D eigenvalue weighted by Gasteiger charge is 2.30. The summed E-state index contributed by atoms with van der Waals surface area (Å²) in [6.07, 6.45) is 0. The lowest BCUT2D eigenvalue weighted by Gasteiger charge is -2.14. The molecule has 100 valence electrons. The fourth-order valence-corrected chi connectivity index (χ4v) is 4.33. The van der Waals surface area contributed by atoms with Gasteiger partial charge >= 0.3 is 0 Å². The van der Waals surface area contributed by atoms with Crippen LogP contribution in [0.3, 0.4) is 0 Å². The molecule has 0 aliphatic carbocycles. The maximum Gasteiger partial charge on any atom is 0.200 e. The van der Waals surface area contributed by atoms with E-state index in [9.17, 15) is 22.0 Å². The van der Waals surface area contributed by atoms with E-state index in [2.05, 4.69) is 15.5 Å². The van der Waals surface area contributed by atoms with Crippen LogP contribution in [-0.4, -0.2) is 0 Å². The summed E-state index contributed by atoms with van der Waals surface area (Å²) in [7, 11) is 0. The Morgan fingerprint density at radius 1 is 0.684 bits per heavy atom. The fraction of sp³-hybridized carbons (Fsp3) is 0. The Morgan fingerprint density at radius 2 is 1.11 bits per heavy atom. The van der Waals surface area contributed by atoms with Crippen LogP contribution in [0.2, 0.25) is 0 Å². The molecular formula is C12H5BrF5P. The smallest absolute Gasteiger partial charge is 0.200 e. The Hall–Kier alpha value is -1.00. The molecular weight excluding hydrogens is 350 g/mol. The molecule has 0 radical (unpaired) electrons. The highest BCUT2D eigenvalue weighted by atomic mass is 79.9.